The average molecular weight is 214 g/mol. The van der Waals surface area contributed by atoms with Crippen molar-refractivity contribution in [3.8, 4) is 5.82 Å². The van der Waals surface area contributed by atoms with Crippen molar-refractivity contribution in [1.29, 1.82) is 0 Å². The summed E-state index contributed by atoms with van der Waals surface area (Å²) < 4.78 is 37.7. The van der Waals surface area contributed by atoms with Crippen LogP contribution in [-0.2, 0) is 6.18 Å². The van der Waals surface area contributed by atoms with E-state index < -0.39 is 11.9 Å². The van der Waals surface area contributed by atoms with Crippen LogP contribution in [0.3, 0.4) is 0 Å². The smallest absolute Gasteiger partial charge is 0.221 e. The van der Waals surface area contributed by atoms with Gasteiger partial charge in [0, 0.05) is 12.4 Å². The molecule has 0 atom stereocenters. The zero-order chi connectivity index (χ0) is 10.9. The topological polar surface area (TPSA) is 43.6 Å². The molecule has 2 aromatic rings. The zero-order valence-electron chi connectivity index (χ0n) is 7.31. The van der Waals surface area contributed by atoms with Crippen molar-refractivity contribution in [2.45, 2.75) is 6.18 Å². The Kier molecular flexibility index (Phi) is 2.14. The summed E-state index contributed by atoms with van der Waals surface area (Å²) in [6.07, 6.45) is -1.40. The fourth-order valence-corrected chi connectivity index (χ4v) is 1.00. The van der Waals surface area contributed by atoms with Crippen molar-refractivity contribution in [2.24, 2.45) is 0 Å². The first-order chi connectivity index (χ1) is 7.07. The van der Waals surface area contributed by atoms with Gasteiger partial charge in [0.15, 0.2) is 11.5 Å². The van der Waals surface area contributed by atoms with Gasteiger partial charge in [0.25, 0.3) is 0 Å². The SMILES string of the molecule is FC(F)(F)c1ccc(-n2cccn2)nn1. The van der Waals surface area contributed by atoms with Crippen LogP contribution < -0.4 is 0 Å². The summed E-state index contributed by atoms with van der Waals surface area (Å²) >= 11 is 0. The minimum Gasteiger partial charge on any atom is -0.221 e. The van der Waals surface area contributed by atoms with Crippen molar-refractivity contribution in [2.75, 3.05) is 0 Å². The molecule has 0 N–H and O–H groups in total. The second kappa shape index (κ2) is 3.34. The number of aromatic nitrogens is 4. The molecule has 0 fully saturated rings. The highest BCUT2D eigenvalue weighted by atomic mass is 19.4. The van der Waals surface area contributed by atoms with Crippen molar-refractivity contribution < 1.29 is 13.2 Å². The Morgan fingerprint density at radius 3 is 2.40 bits per heavy atom. The van der Waals surface area contributed by atoms with Gasteiger partial charge in [0.2, 0.25) is 0 Å². The molecule has 7 heteroatoms. The summed E-state index contributed by atoms with van der Waals surface area (Å²) in [4.78, 5) is 0. The lowest BCUT2D eigenvalue weighted by molar-refractivity contribution is -0.141. The van der Waals surface area contributed by atoms with Crippen LogP contribution in [-0.4, -0.2) is 20.0 Å². The predicted molar refractivity (Wildman–Crippen MR) is 44.2 cm³/mol. The fourth-order valence-electron chi connectivity index (χ4n) is 1.00. The van der Waals surface area contributed by atoms with Crippen LogP contribution in [0.2, 0.25) is 0 Å². The molecule has 0 amide bonds. The lowest BCUT2D eigenvalue weighted by Crippen LogP contribution is -2.10. The Morgan fingerprint density at radius 2 is 1.93 bits per heavy atom. The molecule has 2 rings (SSSR count). The van der Waals surface area contributed by atoms with Gasteiger partial charge in [-0.15, -0.1) is 10.2 Å². The van der Waals surface area contributed by atoms with E-state index in [-0.39, 0.29) is 5.82 Å². The number of halogens is 3. The van der Waals surface area contributed by atoms with Crippen molar-refractivity contribution in [1.82, 2.24) is 20.0 Å². The Bertz CT molecular complexity index is 432. The quantitative estimate of drug-likeness (QED) is 0.725. The third-order valence-corrected chi connectivity index (χ3v) is 1.68. The monoisotopic (exact) mass is 214 g/mol. The van der Waals surface area contributed by atoms with E-state index >= 15 is 0 Å². The number of alkyl halides is 3. The van der Waals surface area contributed by atoms with Crippen LogP contribution in [0.4, 0.5) is 13.2 Å². The molecule has 15 heavy (non-hydrogen) atoms. The average Bonchev–Trinajstić information content (AvgIpc) is 2.69. The van der Waals surface area contributed by atoms with E-state index in [1.165, 1.54) is 16.9 Å². The van der Waals surface area contributed by atoms with Gasteiger partial charge in [-0.3, -0.25) is 0 Å². The Morgan fingerprint density at radius 1 is 1.13 bits per heavy atom. The number of rotatable bonds is 1. The minimum absolute atomic E-state index is 0.244. The van der Waals surface area contributed by atoms with E-state index in [1.54, 1.807) is 12.3 Å². The van der Waals surface area contributed by atoms with Crippen molar-refractivity contribution in [3.05, 3.63) is 36.3 Å². The molecule has 2 heterocycles. The van der Waals surface area contributed by atoms with Gasteiger partial charge < -0.3 is 0 Å². The minimum atomic E-state index is -4.46. The molecule has 0 aromatic carbocycles. The molecule has 2 aromatic heterocycles. The van der Waals surface area contributed by atoms with E-state index in [2.05, 4.69) is 15.3 Å². The lowest BCUT2D eigenvalue weighted by atomic mass is 10.4. The van der Waals surface area contributed by atoms with Gasteiger partial charge in [0.1, 0.15) is 0 Å². The highest BCUT2D eigenvalue weighted by Gasteiger charge is 2.32. The van der Waals surface area contributed by atoms with Crippen LogP contribution in [0.25, 0.3) is 5.82 Å². The van der Waals surface area contributed by atoms with Gasteiger partial charge >= 0.3 is 6.18 Å². The van der Waals surface area contributed by atoms with Crippen LogP contribution in [0, 0.1) is 0 Å². The summed E-state index contributed by atoms with van der Waals surface area (Å²) in [6, 6.07) is 3.71. The molecule has 78 valence electrons. The maximum Gasteiger partial charge on any atom is 0.435 e. The normalized spacial score (nSPS) is 11.7. The molecule has 0 spiro atoms. The number of nitrogens with zero attached hydrogens (tertiary/aromatic N) is 4. The first kappa shape index (κ1) is 9.63. The van der Waals surface area contributed by atoms with E-state index in [4.69, 9.17) is 0 Å². The number of hydrogen-bond acceptors (Lipinski definition) is 3. The highest BCUT2D eigenvalue weighted by molar-refractivity contribution is 5.21. The molecule has 0 aliphatic carbocycles. The van der Waals surface area contributed by atoms with Crippen LogP contribution >= 0.6 is 0 Å². The summed E-state index contributed by atoms with van der Waals surface area (Å²) in [5.74, 6) is 0.244. The van der Waals surface area contributed by atoms with Crippen molar-refractivity contribution >= 4 is 0 Å². The summed E-state index contributed by atoms with van der Waals surface area (Å²) in [6.45, 7) is 0. The third-order valence-electron chi connectivity index (χ3n) is 1.68. The van der Waals surface area contributed by atoms with Crippen molar-refractivity contribution in [3.63, 3.8) is 0 Å². The van der Waals surface area contributed by atoms with Crippen LogP contribution in [0.5, 0.6) is 0 Å². The van der Waals surface area contributed by atoms with E-state index in [0.29, 0.717) is 0 Å². The predicted octanol–water partition coefficient (Wildman–Crippen LogP) is 1.68. The Balaban J connectivity index is 2.33. The van der Waals surface area contributed by atoms with Gasteiger partial charge in [0.05, 0.1) is 0 Å². The van der Waals surface area contributed by atoms with Crippen LogP contribution in [0.15, 0.2) is 30.6 Å². The summed E-state index contributed by atoms with van der Waals surface area (Å²) in [5.41, 5.74) is -1.02. The van der Waals surface area contributed by atoms with Gasteiger partial charge in [-0.2, -0.15) is 18.3 Å². The molecule has 0 saturated carbocycles. The third kappa shape index (κ3) is 1.95. The molecule has 0 aliphatic heterocycles. The Labute approximate surface area is 82.4 Å². The van der Waals surface area contributed by atoms with E-state index in [9.17, 15) is 13.2 Å². The molecule has 0 radical (unpaired) electrons. The van der Waals surface area contributed by atoms with Gasteiger partial charge in [-0.05, 0) is 18.2 Å². The molecular formula is C8H5F3N4. The molecule has 0 aliphatic rings. The first-order valence-electron chi connectivity index (χ1n) is 3.98. The van der Waals surface area contributed by atoms with E-state index in [1.807, 2.05) is 0 Å². The first-order valence-corrected chi connectivity index (χ1v) is 3.98. The number of hydrogen-bond donors (Lipinski definition) is 0. The fraction of sp³-hybridized carbons (Fsp3) is 0.125. The van der Waals surface area contributed by atoms with Gasteiger partial charge in [-0.25, -0.2) is 4.68 Å². The second-order valence-electron chi connectivity index (χ2n) is 2.73. The Hall–Kier alpha value is -1.92. The summed E-state index contributed by atoms with van der Waals surface area (Å²) in [5, 5.41) is 10.3. The standard InChI is InChI=1S/C8H5F3N4/c9-8(10,11)6-2-3-7(14-13-6)15-5-1-4-12-15/h1-5H. The lowest BCUT2D eigenvalue weighted by Gasteiger charge is -2.04. The second-order valence-corrected chi connectivity index (χ2v) is 2.73. The molecule has 0 saturated heterocycles. The maximum absolute atomic E-state index is 12.1. The molecular weight excluding hydrogens is 209 g/mol. The zero-order valence-corrected chi connectivity index (χ0v) is 7.31. The maximum atomic E-state index is 12.1. The largest absolute Gasteiger partial charge is 0.435 e. The highest BCUT2D eigenvalue weighted by Crippen LogP contribution is 2.26. The molecule has 4 nitrogen and oxygen atoms in total. The van der Waals surface area contributed by atoms with Gasteiger partial charge in [-0.1, -0.05) is 0 Å². The molecule has 0 unspecified atom stereocenters. The van der Waals surface area contributed by atoms with E-state index in [0.717, 1.165) is 6.07 Å². The van der Waals surface area contributed by atoms with Crippen LogP contribution in [0.1, 0.15) is 5.69 Å². The molecule has 0 bridgehead atoms. The summed E-state index contributed by atoms with van der Waals surface area (Å²) in [7, 11) is 0.